The van der Waals surface area contributed by atoms with Crippen LogP contribution in [-0.2, 0) is 17.8 Å². The van der Waals surface area contributed by atoms with Crippen molar-refractivity contribution in [3.63, 3.8) is 0 Å². The van der Waals surface area contributed by atoms with Crippen molar-refractivity contribution in [1.82, 2.24) is 14.8 Å². The van der Waals surface area contributed by atoms with E-state index in [0.29, 0.717) is 10.6 Å². The van der Waals surface area contributed by atoms with Gasteiger partial charge in [0.2, 0.25) is 5.91 Å². The number of primary amides is 1. The summed E-state index contributed by atoms with van der Waals surface area (Å²) >= 11 is 2.67. The lowest BCUT2D eigenvalue weighted by atomic mass is 10.2. The first-order chi connectivity index (χ1) is 11.6. The van der Waals surface area contributed by atoms with Crippen LogP contribution in [-0.4, -0.2) is 31.8 Å². The molecule has 0 aromatic carbocycles. The minimum absolute atomic E-state index is 0.184. The summed E-state index contributed by atoms with van der Waals surface area (Å²) in [5.74, 6) is 0.266. The van der Waals surface area contributed by atoms with Crippen molar-refractivity contribution in [1.29, 1.82) is 0 Å². The quantitative estimate of drug-likeness (QED) is 0.791. The van der Waals surface area contributed by atoms with Crippen molar-refractivity contribution in [2.45, 2.75) is 49.6 Å². The number of rotatable bonds is 5. The topological polar surface area (TPSA) is 103 Å². The van der Waals surface area contributed by atoms with Gasteiger partial charge in [-0.05, 0) is 31.2 Å². The third kappa shape index (κ3) is 3.62. The highest BCUT2D eigenvalue weighted by Crippen LogP contribution is 2.28. The summed E-state index contributed by atoms with van der Waals surface area (Å²) in [6, 6.07) is 1.61. The summed E-state index contributed by atoms with van der Waals surface area (Å²) in [6.07, 6.45) is 4.37. The van der Waals surface area contributed by atoms with Gasteiger partial charge < -0.3 is 15.6 Å². The number of nitrogens with one attached hydrogen (secondary N) is 1. The zero-order chi connectivity index (χ0) is 17.1. The number of fused-ring (bicyclic) bond motifs is 1. The number of amides is 2. The Morgan fingerprint density at radius 1 is 1.38 bits per heavy atom. The Kier molecular flexibility index (Phi) is 5.20. The molecule has 0 saturated heterocycles. The van der Waals surface area contributed by atoms with Crippen molar-refractivity contribution in [3.05, 3.63) is 22.8 Å². The molecule has 2 aromatic rings. The van der Waals surface area contributed by atoms with E-state index in [9.17, 15) is 9.59 Å². The van der Waals surface area contributed by atoms with Gasteiger partial charge in [0.15, 0.2) is 5.16 Å². The largest absolute Gasteiger partial charge is 0.366 e. The Morgan fingerprint density at radius 3 is 3.00 bits per heavy atom. The number of thioether (sulfide) groups is 1. The van der Waals surface area contributed by atoms with Gasteiger partial charge in [-0.3, -0.25) is 9.59 Å². The van der Waals surface area contributed by atoms with Gasteiger partial charge in [0.1, 0.15) is 10.8 Å². The molecule has 0 fully saturated rings. The Balaban J connectivity index is 1.67. The Hall–Kier alpha value is -1.87. The molecule has 128 valence electrons. The number of thiophene rings is 1. The number of aryl methyl sites for hydroxylation is 1. The van der Waals surface area contributed by atoms with E-state index in [1.165, 1.54) is 29.5 Å². The van der Waals surface area contributed by atoms with Gasteiger partial charge >= 0.3 is 0 Å². The number of hydrogen-bond acceptors (Lipinski definition) is 6. The Bertz CT molecular complexity index is 755. The second kappa shape index (κ2) is 7.35. The van der Waals surface area contributed by atoms with Crippen LogP contribution in [0.2, 0.25) is 0 Å². The lowest BCUT2D eigenvalue weighted by Gasteiger charge is -2.12. The van der Waals surface area contributed by atoms with Gasteiger partial charge in [-0.1, -0.05) is 18.2 Å². The number of carbonyl (C=O) groups excluding carboxylic acids is 2. The van der Waals surface area contributed by atoms with Crippen LogP contribution >= 0.6 is 23.1 Å². The van der Waals surface area contributed by atoms with Crippen LogP contribution in [0.1, 0.15) is 42.4 Å². The number of nitrogens with zero attached hydrogens (tertiary/aromatic N) is 3. The van der Waals surface area contributed by atoms with Gasteiger partial charge in [-0.25, -0.2) is 0 Å². The molecule has 3 N–H and O–H groups in total. The maximum absolute atomic E-state index is 12.4. The van der Waals surface area contributed by atoms with Crippen molar-refractivity contribution in [2.24, 2.45) is 5.73 Å². The Morgan fingerprint density at radius 2 is 2.21 bits per heavy atom. The fourth-order valence-corrected chi connectivity index (χ4v) is 4.26. The van der Waals surface area contributed by atoms with E-state index >= 15 is 0 Å². The van der Waals surface area contributed by atoms with Gasteiger partial charge in [0.25, 0.3) is 5.91 Å². The first-order valence-corrected chi connectivity index (χ1v) is 9.59. The number of carbonyl (C=O) groups is 2. The van der Waals surface area contributed by atoms with Crippen LogP contribution in [0.25, 0.3) is 0 Å². The molecule has 2 amide bonds. The molecule has 3 heterocycles. The predicted molar refractivity (Wildman–Crippen MR) is 94.4 cm³/mol. The molecule has 0 aliphatic carbocycles. The SMILES string of the molecule is C[C@@H](Sc1nnc2n1CCCCC2)C(=O)Nc1sccc1C(N)=O. The van der Waals surface area contributed by atoms with Crippen LogP contribution in [0.5, 0.6) is 0 Å². The van der Waals surface area contributed by atoms with E-state index in [4.69, 9.17) is 5.73 Å². The molecule has 0 saturated carbocycles. The molecule has 0 bridgehead atoms. The average molecular weight is 365 g/mol. The number of nitrogens with two attached hydrogens (primary N) is 1. The molecule has 0 spiro atoms. The molecule has 0 unspecified atom stereocenters. The molecule has 1 aliphatic heterocycles. The first kappa shape index (κ1) is 17.0. The maximum atomic E-state index is 12.4. The van der Waals surface area contributed by atoms with E-state index in [0.717, 1.165) is 36.8 Å². The second-order valence-electron chi connectivity index (χ2n) is 5.64. The summed E-state index contributed by atoms with van der Waals surface area (Å²) in [5.41, 5.74) is 5.64. The molecule has 1 atom stereocenters. The van der Waals surface area contributed by atoms with E-state index in [1.54, 1.807) is 11.4 Å². The van der Waals surface area contributed by atoms with Crippen molar-refractivity contribution < 1.29 is 9.59 Å². The summed E-state index contributed by atoms with van der Waals surface area (Å²) < 4.78 is 2.11. The van der Waals surface area contributed by atoms with Crippen LogP contribution in [0, 0.1) is 0 Å². The Labute approximate surface area is 148 Å². The molecule has 1 aliphatic rings. The minimum atomic E-state index is -0.547. The lowest BCUT2D eigenvalue weighted by molar-refractivity contribution is -0.115. The molecule has 2 aromatic heterocycles. The second-order valence-corrected chi connectivity index (χ2v) is 7.86. The highest BCUT2D eigenvalue weighted by Gasteiger charge is 2.22. The maximum Gasteiger partial charge on any atom is 0.251 e. The number of anilines is 1. The molecule has 24 heavy (non-hydrogen) atoms. The van der Waals surface area contributed by atoms with Crippen LogP contribution in [0.3, 0.4) is 0 Å². The van der Waals surface area contributed by atoms with E-state index in [-0.39, 0.29) is 11.2 Å². The smallest absolute Gasteiger partial charge is 0.251 e. The van der Waals surface area contributed by atoms with Gasteiger partial charge in [0.05, 0.1) is 10.8 Å². The fraction of sp³-hybridized carbons (Fsp3) is 0.467. The third-order valence-electron chi connectivity index (χ3n) is 3.89. The summed E-state index contributed by atoms with van der Waals surface area (Å²) in [5, 5.41) is 13.9. The van der Waals surface area contributed by atoms with Crippen LogP contribution < -0.4 is 11.1 Å². The van der Waals surface area contributed by atoms with Gasteiger partial charge in [-0.15, -0.1) is 21.5 Å². The highest BCUT2D eigenvalue weighted by atomic mass is 32.2. The predicted octanol–water partition coefficient (Wildman–Crippen LogP) is 2.28. The molecule has 3 rings (SSSR count). The van der Waals surface area contributed by atoms with E-state index in [1.807, 2.05) is 6.92 Å². The van der Waals surface area contributed by atoms with Crippen molar-refractivity contribution in [2.75, 3.05) is 5.32 Å². The molecule has 9 heteroatoms. The van der Waals surface area contributed by atoms with Gasteiger partial charge in [0, 0.05) is 13.0 Å². The minimum Gasteiger partial charge on any atom is -0.366 e. The van der Waals surface area contributed by atoms with Crippen LogP contribution in [0.4, 0.5) is 5.00 Å². The van der Waals surface area contributed by atoms with E-state index < -0.39 is 5.91 Å². The summed E-state index contributed by atoms with van der Waals surface area (Å²) in [7, 11) is 0. The average Bonchev–Trinajstić information content (AvgIpc) is 3.08. The van der Waals surface area contributed by atoms with Crippen LogP contribution in [0.15, 0.2) is 16.6 Å². The zero-order valence-corrected chi connectivity index (χ0v) is 15.0. The molecular weight excluding hydrogens is 346 g/mol. The lowest BCUT2D eigenvalue weighted by Crippen LogP contribution is -2.24. The summed E-state index contributed by atoms with van der Waals surface area (Å²) in [6.45, 7) is 2.71. The molecule has 7 nitrogen and oxygen atoms in total. The normalized spacial score (nSPS) is 15.4. The third-order valence-corrected chi connectivity index (χ3v) is 5.80. The number of hydrogen-bond donors (Lipinski definition) is 2. The monoisotopic (exact) mass is 365 g/mol. The van der Waals surface area contributed by atoms with E-state index in [2.05, 4.69) is 20.1 Å². The first-order valence-electron chi connectivity index (χ1n) is 7.83. The van der Waals surface area contributed by atoms with Crippen molar-refractivity contribution >= 4 is 39.9 Å². The molecular formula is C15H19N5O2S2. The summed E-state index contributed by atoms with van der Waals surface area (Å²) in [4.78, 5) is 23.7. The standard InChI is InChI=1S/C15H19N5O2S2/c1-9(13(22)17-14-10(12(16)21)6-8-23-14)24-15-19-18-11-5-3-2-4-7-20(11)15/h6,8-9H,2-5,7H2,1H3,(H2,16,21)(H,17,22)/t9-/m1/s1. The van der Waals surface area contributed by atoms with Crippen molar-refractivity contribution in [3.8, 4) is 0 Å². The molecule has 0 radical (unpaired) electrons. The fourth-order valence-electron chi connectivity index (χ4n) is 2.57. The highest BCUT2D eigenvalue weighted by molar-refractivity contribution is 8.00. The number of aromatic nitrogens is 3. The van der Waals surface area contributed by atoms with Gasteiger partial charge in [-0.2, -0.15) is 0 Å². The zero-order valence-electron chi connectivity index (χ0n) is 13.3.